The van der Waals surface area contributed by atoms with Crippen molar-refractivity contribution < 1.29 is 14.4 Å². The van der Waals surface area contributed by atoms with Crippen LogP contribution < -0.4 is 5.32 Å². The molecule has 0 aromatic heterocycles. The average Bonchev–Trinajstić information content (AvgIpc) is 2.44. The summed E-state index contributed by atoms with van der Waals surface area (Å²) >= 11 is 3.17. The van der Waals surface area contributed by atoms with Gasteiger partial charge in [0.05, 0.1) is 11.0 Å². The quantitative estimate of drug-likeness (QED) is 0.643. The van der Waals surface area contributed by atoms with Gasteiger partial charge in [-0.1, -0.05) is 15.9 Å². The van der Waals surface area contributed by atoms with Crippen LogP contribution in [0.1, 0.15) is 11.6 Å². The molecule has 1 aliphatic heterocycles. The van der Waals surface area contributed by atoms with Gasteiger partial charge in [0, 0.05) is 42.3 Å². The lowest BCUT2D eigenvalue weighted by Gasteiger charge is -2.33. The van der Waals surface area contributed by atoms with Crippen LogP contribution in [0.15, 0.2) is 16.6 Å². The van der Waals surface area contributed by atoms with Crippen molar-refractivity contribution in [3.05, 3.63) is 32.3 Å². The lowest BCUT2D eigenvalue weighted by Crippen LogP contribution is -2.45. The standard InChI is InChI=1S/C12H15BrFN3O3/c13-8-5-9(12(18)10(6-8)17(19)20)11(7-14)16-3-1-15-2-4-16/h5-6,11,15,18H,1-4,7H2/t11-/m0/s1. The maximum absolute atomic E-state index is 13.4. The summed E-state index contributed by atoms with van der Waals surface area (Å²) in [5.74, 6) is -0.459. The van der Waals surface area contributed by atoms with Crippen LogP contribution in [0.2, 0.25) is 0 Å². The minimum atomic E-state index is -0.707. The number of hydrogen-bond acceptors (Lipinski definition) is 5. The zero-order valence-electron chi connectivity index (χ0n) is 10.7. The number of aromatic hydroxyl groups is 1. The highest BCUT2D eigenvalue weighted by atomic mass is 79.9. The number of piperazine rings is 1. The molecule has 0 aliphatic carbocycles. The van der Waals surface area contributed by atoms with Crippen LogP contribution in [-0.2, 0) is 0 Å². The molecule has 20 heavy (non-hydrogen) atoms. The molecule has 1 aromatic rings. The Bertz CT molecular complexity index is 509. The van der Waals surface area contributed by atoms with Crippen molar-refractivity contribution in [2.75, 3.05) is 32.9 Å². The molecule has 6 nitrogen and oxygen atoms in total. The zero-order valence-corrected chi connectivity index (χ0v) is 12.3. The first-order chi connectivity index (χ1) is 9.54. The fourth-order valence-electron chi connectivity index (χ4n) is 2.37. The average molecular weight is 348 g/mol. The molecule has 2 N–H and O–H groups in total. The SMILES string of the molecule is O=[N+]([O-])c1cc(Br)cc([C@H](CF)N2CCNCC2)c1O. The second-order valence-electron chi connectivity index (χ2n) is 4.58. The Hall–Kier alpha value is -1.25. The molecule has 0 radical (unpaired) electrons. The van der Waals surface area contributed by atoms with Gasteiger partial charge in [-0.05, 0) is 6.07 Å². The Kier molecular flexibility index (Phi) is 4.90. The number of halogens is 2. The monoisotopic (exact) mass is 347 g/mol. The van der Waals surface area contributed by atoms with Crippen LogP contribution in [0.3, 0.4) is 0 Å². The number of nitrogens with one attached hydrogen (secondary N) is 1. The molecule has 0 spiro atoms. The number of phenolic OH excluding ortho intramolecular Hbond substituents is 1. The van der Waals surface area contributed by atoms with E-state index in [0.29, 0.717) is 17.6 Å². The van der Waals surface area contributed by atoms with Crippen LogP contribution in [-0.4, -0.2) is 47.8 Å². The van der Waals surface area contributed by atoms with E-state index in [1.165, 1.54) is 12.1 Å². The van der Waals surface area contributed by atoms with Crippen molar-refractivity contribution in [2.24, 2.45) is 0 Å². The predicted octanol–water partition coefficient (Wildman–Crippen LogP) is 1.98. The van der Waals surface area contributed by atoms with Crippen molar-refractivity contribution in [2.45, 2.75) is 6.04 Å². The van der Waals surface area contributed by atoms with Crippen LogP contribution in [0.25, 0.3) is 0 Å². The third-order valence-electron chi connectivity index (χ3n) is 3.38. The largest absolute Gasteiger partial charge is 0.502 e. The topological polar surface area (TPSA) is 78.6 Å². The van der Waals surface area contributed by atoms with Gasteiger partial charge in [-0.2, -0.15) is 0 Å². The van der Waals surface area contributed by atoms with E-state index in [9.17, 15) is 19.6 Å². The summed E-state index contributed by atoms with van der Waals surface area (Å²) in [7, 11) is 0. The summed E-state index contributed by atoms with van der Waals surface area (Å²) in [5.41, 5.74) is -0.168. The second kappa shape index (κ2) is 6.47. The van der Waals surface area contributed by atoms with Crippen LogP contribution in [0.5, 0.6) is 5.75 Å². The molecule has 0 bridgehead atoms. The van der Waals surface area contributed by atoms with Gasteiger partial charge in [-0.15, -0.1) is 0 Å². The summed E-state index contributed by atoms with van der Waals surface area (Å²) in [6, 6.07) is 2.08. The lowest BCUT2D eigenvalue weighted by molar-refractivity contribution is -0.386. The second-order valence-corrected chi connectivity index (χ2v) is 5.49. The highest BCUT2D eigenvalue weighted by Gasteiger charge is 2.28. The van der Waals surface area contributed by atoms with Gasteiger partial charge in [0.15, 0.2) is 5.75 Å². The highest BCUT2D eigenvalue weighted by Crippen LogP contribution is 2.38. The van der Waals surface area contributed by atoms with Gasteiger partial charge in [0.1, 0.15) is 6.67 Å². The van der Waals surface area contributed by atoms with Gasteiger partial charge in [-0.25, -0.2) is 4.39 Å². The number of rotatable bonds is 4. The number of phenols is 1. The van der Waals surface area contributed by atoms with Gasteiger partial charge in [-0.3, -0.25) is 15.0 Å². The zero-order chi connectivity index (χ0) is 14.7. The number of alkyl halides is 1. The summed E-state index contributed by atoms with van der Waals surface area (Å²) in [6.07, 6.45) is 0. The van der Waals surface area contributed by atoms with Crippen LogP contribution in [0.4, 0.5) is 10.1 Å². The fourth-order valence-corrected chi connectivity index (χ4v) is 2.83. The van der Waals surface area contributed by atoms with E-state index in [4.69, 9.17) is 0 Å². The Balaban J connectivity index is 2.40. The summed E-state index contributed by atoms with van der Waals surface area (Å²) in [6.45, 7) is 2.02. The van der Waals surface area contributed by atoms with E-state index in [-0.39, 0.29) is 5.56 Å². The first-order valence-corrected chi connectivity index (χ1v) is 7.01. The normalized spacial score (nSPS) is 17.9. The van der Waals surface area contributed by atoms with E-state index < -0.39 is 29.1 Å². The molecule has 1 fully saturated rings. The van der Waals surface area contributed by atoms with E-state index in [0.717, 1.165) is 13.1 Å². The van der Waals surface area contributed by atoms with Crippen molar-refractivity contribution in [1.82, 2.24) is 10.2 Å². The number of hydrogen-bond donors (Lipinski definition) is 2. The molecule has 0 amide bonds. The smallest absolute Gasteiger partial charge is 0.312 e. The van der Waals surface area contributed by atoms with Gasteiger partial charge < -0.3 is 10.4 Å². The van der Waals surface area contributed by atoms with Gasteiger partial charge >= 0.3 is 5.69 Å². The first kappa shape index (κ1) is 15.1. The molecule has 0 saturated carbocycles. The number of nitro groups is 1. The van der Waals surface area contributed by atoms with Gasteiger partial charge in [0.2, 0.25) is 0 Å². The molecule has 0 unspecified atom stereocenters. The van der Waals surface area contributed by atoms with Crippen molar-refractivity contribution >= 4 is 21.6 Å². The molecule has 1 heterocycles. The first-order valence-electron chi connectivity index (χ1n) is 6.22. The van der Waals surface area contributed by atoms with Crippen molar-refractivity contribution in [3.8, 4) is 5.75 Å². The van der Waals surface area contributed by atoms with E-state index >= 15 is 0 Å². The minimum absolute atomic E-state index is 0.246. The maximum atomic E-state index is 13.4. The van der Waals surface area contributed by atoms with E-state index in [1.807, 2.05) is 4.90 Å². The molecule has 8 heteroatoms. The summed E-state index contributed by atoms with van der Waals surface area (Å²) in [5, 5.41) is 24.1. The highest BCUT2D eigenvalue weighted by molar-refractivity contribution is 9.10. The van der Waals surface area contributed by atoms with Crippen molar-refractivity contribution in [3.63, 3.8) is 0 Å². The fraction of sp³-hybridized carbons (Fsp3) is 0.500. The molecule has 2 rings (SSSR count). The third-order valence-corrected chi connectivity index (χ3v) is 3.84. The number of nitro benzene ring substituents is 1. The lowest BCUT2D eigenvalue weighted by atomic mass is 10.0. The maximum Gasteiger partial charge on any atom is 0.312 e. The Morgan fingerprint density at radius 1 is 1.50 bits per heavy atom. The van der Waals surface area contributed by atoms with E-state index in [2.05, 4.69) is 21.2 Å². The molecular weight excluding hydrogens is 333 g/mol. The molecule has 110 valence electrons. The predicted molar refractivity (Wildman–Crippen MR) is 75.6 cm³/mol. The Morgan fingerprint density at radius 2 is 2.15 bits per heavy atom. The minimum Gasteiger partial charge on any atom is -0.502 e. The molecular formula is C12H15BrFN3O3. The Labute approximate surface area is 123 Å². The van der Waals surface area contributed by atoms with Crippen LogP contribution >= 0.6 is 15.9 Å². The molecule has 1 atom stereocenters. The molecule has 1 aromatic carbocycles. The number of nitrogens with zero attached hydrogens (tertiary/aromatic N) is 2. The summed E-state index contributed by atoms with van der Waals surface area (Å²) in [4.78, 5) is 12.1. The third kappa shape index (κ3) is 3.08. The van der Waals surface area contributed by atoms with Crippen LogP contribution in [0, 0.1) is 10.1 Å². The number of benzene rings is 1. The molecule has 1 saturated heterocycles. The van der Waals surface area contributed by atoms with Crippen molar-refractivity contribution in [1.29, 1.82) is 0 Å². The van der Waals surface area contributed by atoms with E-state index in [1.54, 1.807) is 0 Å². The summed E-state index contributed by atoms with van der Waals surface area (Å²) < 4.78 is 13.9. The van der Waals surface area contributed by atoms with Gasteiger partial charge in [0.25, 0.3) is 0 Å². The molecule has 1 aliphatic rings. The Morgan fingerprint density at radius 3 is 2.70 bits per heavy atom.